The molecule has 1 N–H and O–H groups in total. The van der Waals surface area contributed by atoms with E-state index in [0.717, 1.165) is 37.4 Å². The number of nitrogens with zero attached hydrogens (tertiary/aromatic N) is 3. The molecular weight excluding hydrogens is 238 g/mol. The zero-order valence-corrected chi connectivity index (χ0v) is 11.2. The molecule has 0 amide bonds. The summed E-state index contributed by atoms with van der Waals surface area (Å²) in [5.41, 5.74) is 2.19. The third kappa shape index (κ3) is 2.36. The monoisotopic (exact) mass is 257 g/mol. The summed E-state index contributed by atoms with van der Waals surface area (Å²) in [5, 5.41) is 9.81. The maximum atomic E-state index is 9.81. The van der Waals surface area contributed by atoms with Gasteiger partial charge in [0.1, 0.15) is 5.82 Å². The van der Waals surface area contributed by atoms with Crippen LogP contribution in [0.25, 0.3) is 0 Å². The van der Waals surface area contributed by atoms with Crippen LogP contribution in [-0.4, -0.2) is 21.2 Å². The molecule has 1 aliphatic rings. The molecule has 1 atom stereocenters. The Morgan fingerprint density at radius 2 is 2.05 bits per heavy atom. The van der Waals surface area contributed by atoms with E-state index >= 15 is 0 Å². The summed E-state index contributed by atoms with van der Waals surface area (Å²) in [5.74, 6) is 1.11. The molecule has 1 aromatic carbocycles. The van der Waals surface area contributed by atoms with Gasteiger partial charge in [0.15, 0.2) is 0 Å². The first-order chi connectivity index (χ1) is 9.28. The first kappa shape index (κ1) is 12.2. The van der Waals surface area contributed by atoms with Gasteiger partial charge >= 0.3 is 0 Å². The Balaban J connectivity index is 1.77. The molecule has 4 nitrogen and oxygen atoms in total. The summed E-state index contributed by atoms with van der Waals surface area (Å²) < 4.78 is 2.20. The van der Waals surface area contributed by atoms with Crippen molar-refractivity contribution >= 4 is 5.69 Å². The second-order valence-electron chi connectivity index (χ2n) is 4.97. The van der Waals surface area contributed by atoms with Crippen LogP contribution in [0.1, 0.15) is 30.8 Å². The van der Waals surface area contributed by atoms with Gasteiger partial charge in [-0.25, -0.2) is 4.98 Å². The minimum absolute atomic E-state index is 0.352. The number of hydrogen-bond donors (Lipinski definition) is 1. The number of aliphatic hydroxyl groups is 1. The molecule has 1 aromatic heterocycles. The Kier molecular flexibility index (Phi) is 3.25. The van der Waals surface area contributed by atoms with E-state index in [1.807, 2.05) is 31.5 Å². The average molecular weight is 257 g/mol. The van der Waals surface area contributed by atoms with Crippen LogP contribution in [-0.2, 0) is 13.1 Å². The molecule has 0 saturated carbocycles. The summed E-state index contributed by atoms with van der Waals surface area (Å²) in [6, 6.07) is 8.22. The molecule has 0 fully saturated rings. The lowest BCUT2D eigenvalue weighted by Gasteiger charge is -2.29. The van der Waals surface area contributed by atoms with Crippen LogP contribution in [0.4, 0.5) is 5.69 Å². The lowest BCUT2D eigenvalue weighted by atomic mass is 10.1. The molecule has 3 rings (SSSR count). The molecular formula is C15H19N3O. The zero-order valence-electron chi connectivity index (χ0n) is 11.2. The third-order valence-electron chi connectivity index (χ3n) is 3.77. The zero-order chi connectivity index (χ0) is 13.2. The molecule has 0 bridgehead atoms. The van der Waals surface area contributed by atoms with Gasteiger partial charge in [0.25, 0.3) is 0 Å². The predicted molar refractivity (Wildman–Crippen MR) is 75.0 cm³/mol. The van der Waals surface area contributed by atoms with Crippen molar-refractivity contribution in [1.82, 2.24) is 9.55 Å². The largest absolute Gasteiger partial charge is 0.388 e. The van der Waals surface area contributed by atoms with Crippen LogP contribution in [0.3, 0.4) is 0 Å². The minimum Gasteiger partial charge on any atom is -0.388 e. The number of hydrogen-bond acceptors (Lipinski definition) is 3. The van der Waals surface area contributed by atoms with Gasteiger partial charge in [-0.2, -0.15) is 0 Å². The van der Waals surface area contributed by atoms with Gasteiger partial charge in [-0.05, 0) is 24.1 Å². The number of anilines is 1. The Bertz CT molecular complexity index is 547. The number of benzene rings is 1. The van der Waals surface area contributed by atoms with Crippen molar-refractivity contribution in [3.63, 3.8) is 0 Å². The molecule has 19 heavy (non-hydrogen) atoms. The summed E-state index contributed by atoms with van der Waals surface area (Å²) in [7, 11) is 0. The fourth-order valence-electron chi connectivity index (χ4n) is 2.54. The van der Waals surface area contributed by atoms with E-state index < -0.39 is 0 Å². The van der Waals surface area contributed by atoms with E-state index in [0.29, 0.717) is 0 Å². The Labute approximate surface area is 113 Å². The van der Waals surface area contributed by atoms with Gasteiger partial charge in [0.2, 0.25) is 0 Å². The maximum absolute atomic E-state index is 9.81. The third-order valence-corrected chi connectivity index (χ3v) is 3.77. The molecule has 2 aromatic rings. The Morgan fingerprint density at radius 1 is 1.26 bits per heavy atom. The molecule has 0 radical (unpaired) electrons. The summed E-state index contributed by atoms with van der Waals surface area (Å²) in [6.45, 7) is 4.82. The van der Waals surface area contributed by atoms with E-state index in [4.69, 9.17) is 0 Å². The minimum atomic E-state index is -0.352. The van der Waals surface area contributed by atoms with Gasteiger partial charge in [0.05, 0.1) is 12.6 Å². The van der Waals surface area contributed by atoms with Crippen molar-refractivity contribution < 1.29 is 5.11 Å². The van der Waals surface area contributed by atoms with E-state index in [9.17, 15) is 5.11 Å². The molecule has 1 unspecified atom stereocenters. The molecule has 0 aliphatic carbocycles. The maximum Gasteiger partial charge on any atom is 0.128 e. The summed E-state index contributed by atoms with van der Waals surface area (Å²) in [4.78, 5) is 6.70. The lowest BCUT2D eigenvalue weighted by Crippen LogP contribution is -2.33. The second kappa shape index (κ2) is 5.05. The van der Waals surface area contributed by atoms with Crippen molar-refractivity contribution in [2.75, 3.05) is 11.4 Å². The van der Waals surface area contributed by atoms with E-state index in [1.54, 1.807) is 0 Å². The van der Waals surface area contributed by atoms with Crippen LogP contribution in [0.2, 0.25) is 0 Å². The van der Waals surface area contributed by atoms with Gasteiger partial charge in [-0.3, -0.25) is 0 Å². The number of aromatic nitrogens is 2. The quantitative estimate of drug-likeness (QED) is 0.917. The highest BCUT2D eigenvalue weighted by Crippen LogP contribution is 2.23. The average Bonchev–Trinajstić information content (AvgIpc) is 2.94. The standard InChI is InChI=1S/C15H19N3O/c1-2-14(19)12-3-5-13(6-4-12)18-10-9-17-8-7-16-15(17)11-18/h3-8,14,19H,2,9-11H2,1H3. The molecule has 0 saturated heterocycles. The first-order valence-electron chi connectivity index (χ1n) is 6.81. The van der Waals surface area contributed by atoms with Crippen LogP contribution in [0.15, 0.2) is 36.7 Å². The molecule has 2 heterocycles. The van der Waals surface area contributed by atoms with Crippen LogP contribution in [0.5, 0.6) is 0 Å². The highest BCUT2D eigenvalue weighted by Gasteiger charge is 2.17. The van der Waals surface area contributed by atoms with Crippen LogP contribution < -0.4 is 4.90 Å². The lowest BCUT2D eigenvalue weighted by molar-refractivity contribution is 0.173. The van der Waals surface area contributed by atoms with Crippen LogP contribution in [0, 0.1) is 0 Å². The summed E-state index contributed by atoms with van der Waals surface area (Å²) in [6.07, 6.45) is 4.29. The second-order valence-corrected chi connectivity index (χ2v) is 4.97. The number of fused-ring (bicyclic) bond motifs is 1. The molecule has 0 spiro atoms. The number of aliphatic hydroxyl groups excluding tert-OH is 1. The normalized spacial score (nSPS) is 16.2. The Morgan fingerprint density at radius 3 is 2.79 bits per heavy atom. The highest BCUT2D eigenvalue weighted by atomic mass is 16.3. The van der Waals surface area contributed by atoms with E-state index in [1.165, 1.54) is 5.69 Å². The smallest absolute Gasteiger partial charge is 0.128 e. The summed E-state index contributed by atoms with van der Waals surface area (Å²) >= 11 is 0. The van der Waals surface area contributed by atoms with Crippen molar-refractivity contribution in [2.24, 2.45) is 0 Å². The van der Waals surface area contributed by atoms with Gasteiger partial charge in [-0.1, -0.05) is 19.1 Å². The van der Waals surface area contributed by atoms with Crippen molar-refractivity contribution in [3.05, 3.63) is 48.0 Å². The van der Waals surface area contributed by atoms with Crippen molar-refractivity contribution in [2.45, 2.75) is 32.5 Å². The molecule has 1 aliphatic heterocycles. The first-order valence-corrected chi connectivity index (χ1v) is 6.81. The molecule has 4 heteroatoms. The van der Waals surface area contributed by atoms with E-state index in [-0.39, 0.29) is 6.10 Å². The predicted octanol–water partition coefficient (Wildman–Crippen LogP) is 2.35. The van der Waals surface area contributed by atoms with E-state index in [2.05, 4.69) is 26.6 Å². The van der Waals surface area contributed by atoms with Gasteiger partial charge in [-0.15, -0.1) is 0 Å². The fraction of sp³-hybridized carbons (Fsp3) is 0.400. The van der Waals surface area contributed by atoms with Gasteiger partial charge < -0.3 is 14.6 Å². The highest BCUT2D eigenvalue weighted by molar-refractivity contribution is 5.48. The molecule has 100 valence electrons. The number of imidazole rings is 1. The topological polar surface area (TPSA) is 41.3 Å². The van der Waals surface area contributed by atoms with Gasteiger partial charge in [0, 0.05) is 31.2 Å². The Hall–Kier alpha value is -1.81. The van der Waals surface area contributed by atoms with Crippen molar-refractivity contribution in [1.29, 1.82) is 0 Å². The fourth-order valence-corrected chi connectivity index (χ4v) is 2.54. The van der Waals surface area contributed by atoms with Crippen LogP contribution >= 0.6 is 0 Å². The van der Waals surface area contributed by atoms with Crippen molar-refractivity contribution in [3.8, 4) is 0 Å². The number of rotatable bonds is 3. The SMILES string of the molecule is CCC(O)c1ccc(N2CCn3ccnc3C2)cc1.